The predicted molar refractivity (Wildman–Crippen MR) is 60.1 cm³/mol. The van der Waals surface area contributed by atoms with Crippen LogP contribution in [0.1, 0.15) is 18.6 Å². The zero-order chi connectivity index (χ0) is 11.5. The molecule has 3 nitrogen and oxygen atoms in total. The fourth-order valence-electron chi connectivity index (χ4n) is 2.02. The summed E-state index contributed by atoms with van der Waals surface area (Å²) in [5.41, 5.74) is 1.16. The minimum atomic E-state index is -0.793. The molecule has 1 aliphatic heterocycles. The summed E-state index contributed by atoms with van der Waals surface area (Å²) in [6.45, 7) is 4.36. The van der Waals surface area contributed by atoms with Crippen molar-refractivity contribution in [3.63, 3.8) is 0 Å². The highest BCUT2D eigenvalue weighted by atomic mass is 19.1. The number of ether oxygens (including phenoxy) is 1. The SMILES string of the molecule is C[C@H](O)c1c(F)cccc1N1CCOCC1. The van der Waals surface area contributed by atoms with Gasteiger partial charge in [-0.25, -0.2) is 4.39 Å². The van der Waals surface area contributed by atoms with Crippen molar-refractivity contribution in [3.8, 4) is 0 Å². The lowest BCUT2D eigenvalue weighted by Crippen LogP contribution is -2.37. The Morgan fingerprint density at radius 2 is 2.06 bits per heavy atom. The Kier molecular flexibility index (Phi) is 3.41. The van der Waals surface area contributed by atoms with Crippen LogP contribution in [-0.4, -0.2) is 31.4 Å². The van der Waals surface area contributed by atoms with E-state index in [1.54, 1.807) is 13.0 Å². The number of aliphatic hydroxyl groups is 1. The molecule has 0 saturated carbocycles. The second kappa shape index (κ2) is 4.80. The molecule has 0 amide bonds. The molecule has 0 aliphatic carbocycles. The fraction of sp³-hybridized carbons (Fsp3) is 0.500. The first-order valence-electron chi connectivity index (χ1n) is 5.49. The van der Waals surface area contributed by atoms with Crippen LogP contribution in [0.2, 0.25) is 0 Å². The molecule has 16 heavy (non-hydrogen) atoms. The molecule has 0 bridgehead atoms. The molecule has 0 radical (unpaired) electrons. The number of nitrogens with zero attached hydrogens (tertiary/aromatic N) is 1. The normalized spacial score (nSPS) is 18.6. The Hall–Kier alpha value is -1.13. The number of anilines is 1. The van der Waals surface area contributed by atoms with Gasteiger partial charge in [0.15, 0.2) is 0 Å². The maximum absolute atomic E-state index is 13.6. The quantitative estimate of drug-likeness (QED) is 0.831. The van der Waals surface area contributed by atoms with Gasteiger partial charge < -0.3 is 14.7 Å². The van der Waals surface area contributed by atoms with E-state index in [9.17, 15) is 9.50 Å². The van der Waals surface area contributed by atoms with Crippen LogP contribution in [0.3, 0.4) is 0 Å². The molecule has 1 atom stereocenters. The molecule has 1 aromatic rings. The third-order valence-corrected chi connectivity index (χ3v) is 2.80. The summed E-state index contributed by atoms with van der Waals surface area (Å²) in [6, 6.07) is 4.90. The highest BCUT2D eigenvalue weighted by molar-refractivity contribution is 5.55. The van der Waals surface area contributed by atoms with E-state index < -0.39 is 6.10 Å². The summed E-state index contributed by atoms with van der Waals surface area (Å²) in [4.78, 5) is 2.05. The van der Waals surface area contributed by atoms with Crippen LogP contribution in [0.4, 0.5) is 10.1 Å². The topological polar surface area (TPSA) is 32.7 Å². The number of rotatable bonds is 2. The molecule has 0 spiro atoms. The van der Waals surface area contributed by atoms with Crippen LogP contribution in [0.5, 0.6) is 0 Å². The van der Waals surface area contributed by atoms with Crippen LogP contribution in [0.25, 0.3) is 0 Å². The molecule has 2 rings (SSSR count). The number of halogens is 1. The van der Waals surface area contributed by atoms with Gasteiger partial charge in [-0.3, -0.25) is 0 Å². The summed E-state index contributed by atoms with van der Waals surface area (Å²) in [5, 5.41) is 9.62. The number of morpholine rings is 1. The summed E-state index contributed by atoms with van der Waals surface area (Å²) in [6.07, 6.45) is -0.793. The maximum atomic E-state index is 13.6. The molecule has 1 aromatic carbocycles. The van der Waals surface area contributed by atoms with Crippen LogP contribution in [-0.2, 0) is 4.74 Å². The van der Waals surface area contributed by atoms with Crippen molar-refractivity contribution >= 4 is 5.69 Å². The van der Waals surface area contributed by atoms with E-state index >= 15 is 0 Å². The number of hydrogen-bond acceptors (Lipinski definition) is 3. The van der Waals surface area contributed by atoms with Gasteiger partial charge in [-0.1, -0.05) is 6.07 Å². The molecule has 1 aliphatic rings. The lowest BCUT2D eigenvalue weighted by molar-refractivity contribution is 0.122. The smallest absolute Gasteiger partial charge is 0.131 e. The Morgan fingerprint density at radius 1 is 1.38 bits per heavy atom. The van der Waals surface area contributed by atoms with E-state index in [0.717, 1.165) is 18.8 Å². The molecule has 88 valence electrons. The number of aliphatic hydroxyl groups excluding tert-OH is 1. The maximum Gasteiger partial charge on any atom is 0.131 e. The minimum absolute atomic E-state index is 0.348. The Morgan fingerprint density at radius 3 is 2.69 bits per heavy atom. The second-order valence-corrected chi connectivity index (χ2v) is 3.95. The van der Waals surface area contributed by atoms with Crippen molar-refractivity contribution in [1.82, 2.24) is 0 Å². The van der Waals surface area contributed by atoms with E-state index in [1.807, 2.05) is 6.07 Å². The van der Waals surface area contributed by atoms with Crippen molar-refractivity contribution in [2.24, 2.45) is 0 Å². The summed E-state index contributed by atoms with van der Waals surface area (Å²) < 4.78 is 18.9. The molecule has 0 aromatic heterocycles. The van der Waals surface area contributed by atoms with Gasteiger partial charge in [0, 0.05) is 24.3 Å². The van der Waals surface area contributed by atoms with Gasteiger partial charge in [0.05, 0.1) is 19.3 Å². The zero-order valence-electron chi connectivity index (χ0n) is 9.32. The molecule has 1 heterocycles. The van der Waals surface area contributed by atoms with E-state index in [-0.39, 0.29) is 5.82 Å². The van der Waals surface area contributed by atoms with Crippen molar-refractivity contribution in [2.45, 2.75) is 13.0 Å². The first kappa shape index (κ1) is 11.4. The predicted octanol–water partition coefficient (Wildman–Crippen LogP) is 1.72. The molecule has 1 N–H and O–H groups in total. The highest BCUT2D eigenvalue weighted by Gasteiger charge is 2.19. The van der Waals surface area contributed by atoms with Crippen LogP contribution in [0.15, 0.2) is 18.2 Å². The van der Waals surface area contributed by atoms with Gasteiger partial charge in [0.2, 0.25) is 0 Å². The average Bonchev–Trinajstić information content (AvgIpc) is 2.29. The van der Waals surface area contributed by atoms with E-state index in [0.29, 0.717) is 18.8 Å². The fourth-order valence-corrected chi connectivity index (χ4v) is 2.02. The molecular formula is C12H16FNO2. The highest BCUT2D eigenvalue weighted by Crippen LogP contribution is 2.29. The average molecular weight is 225 g/mol. The van der Waals surface area contributed by atoms with Crippen LogP contribution >= 0.6 is 0 Å². The lowest BCUT2D eigenvalue weighted by atomic mass is 10.1. The largest absolute Gasteiger partial charge is 0.389 e. The minimum Gasteiger partial charge on any atom is -0.389 e. The van der Waals surface area contributed by atoms with Crippen molar-refractivity contribution < 1.29 is 14.2 Å². The number of benzene rings is 1. The van der Waals surface area contributed by atoms with Gasteiger partial charge in [0.25, 0.3) is 0 Å². The first-order valence-corrected chi connectivity index (χ1v) is 5.49. The Balaban J connectivity index is 2.34. The number of hydrogen-bond donors (Lipinski definition) is 1. The molecule has 1 fully saturated rings. The van der Waals surface area contributed by atoms with Gasteiger partial charge in [0.1, 0.15) is 5.82 Å². The molecule has 0 unspecified atom stereocenters. The standard InChI is InChI=1S/C12H16FNO2/c1-9(15)12-10(13)3-2-4-11(12)14-5-7-16-8-6-14/h2-4,9,15H,5-8H2,1H3/t9-/m0/s1. The summed E-state index contributed by atoms with van der Waals surface area (Å²) in [7, 11) is 0. The van der Waals surface area contributed by atoms with Gasteiger partial charge >= 0.3 is 0 Å². The molecule has 1 saturated heterocycles. The van der Waals surface area contributed by atoms with Crippen molar-refractivity contribution in [1.29, 1.82) is 0 Å². The second-order valence-electron chi connectivity index (χ2n) is 3.95. The third kappa shape index (κ3) is 2.18. The zero-order valence-corrected chi connectivity index (χ0v) is 9.32. The van der Waals surface area contributed by atoms with Gasteiger partial charge in [-0.2, -0.15) is 0 Å². The molecular weight excluding hydrogens is 209 g/mol. The molecule has 4 heteroatoms. The lowest BCUT2D eigenvalue weighted by Gasteiger charge is -2.31. The third-order valence-electron chi connectivity index (χ3n) is 2.80. The summed E-state index contributed by atoms with van der Waals surface area (Å²) in [5.74, 6) is -0.348. The van der Waals surface area contributed by atoms with Gasteiger partial charge in [-0.15, -0.1) is 0 Å². The van der Waals surface area contributed by atoms with Crippen LogP contribution < -0.4 is 4.90 Å². The Labute approximate surface area is 94.4 Å². The van der Waals surface area contributed by atoms with E-state index in [4.69, 9.17) is 4.74 Å². The van der Waals surface area contributed by atoms with Crippen molar-refractivity contribution in [2.75, 3.05) is 31.2 Å². The van der Waals surface area contributed by atoms with E-state index in [2.05, 4.69) is 4.90 Å². The summed E-state index contributed by atoms with van der Waals surface area (Å²) >= 11 is 0. The van der Waals surface area contributed by atoms with Crippen molar-refractivity contribution in [3.05, 3.63) is 29.6 Å². The Bertz CT molecular complexity index is 362. The van der Waals surface area contributed by atoms with Crippen LogP contribution in [0, 0.1) is 5.82 Å². The van der Waals surface area contributed by atoms with E-state index in [1.165, 1.54) is 6.07 Å². The first-order chi connectivity index (χ1) is 7.70. The van der Waals surface area contributed by atoms with Gasteiger partial charge in [-0.05, 0) is 19.1 Å². The monoisotopic (exact) mass is 225 g/mol.